The first-order valence-electron chi connectivity index (χ1n) is 13.8. The summed E-state index contributed by atoms with van der Waals surface area (Å²) in [4.78, 5) is 24.9. The molecule has 0 aliphatic carbocycles. The fourth-order valence-electron chi connectivity index (χ4n) is 4.31. The van der Waals surface area contributed by atoms with Crippen molar-refractivity contribution in [3.63, 3.8) is 0 Å². The fraction of sp³-hybridized carbons (Fsp3) is 0.219. The topological polar surface area (TPSA) is 149 Å². The van der Waals surface area contributed by atoms with Crippen LogP contribution < -0.4 is 29.3 Å². The number of nitrogens with zero attached hydrogens (tertiary/aromatic N) is 2. The number of hydrogen-bond acceptors (Lipinski definition) is 9. The Labute approximate surface area is 261 Å². The van der Waals surface area contributed by atoms with Gasteiger partial charge in [-0.3, -0.25) is 13.9 Å². The number of carbonyl (C=O) groups is 2. The lowest BCUT2D eigenvalue weighted by Gasteiger charge is -2.25. The average Bonchev–Trinajstić information content (AvgIpc) is 3.55. The molecule has 0 fully saturated rings. The first kappa shape index (κ1) is 32.6. The van der Waals surface area contributed by atoms with Gasteiger partial charge < -0.3 is 23.9 Å². The van der Waals surface area contributed by atoms with E-state index in [2.05, 4.69) is 15.8 Å². The minimum Gasteiger partial charge on any atom is -0.493 e. The van der Waals surface area contributed by atoms with Gasteiger partial charge in [0.2, 0.25) is 0 Å². The largest absolute Gasteiger partial charge is 0.493 e. The molecule has 0 atom stereocenters. The Bertz CT molecular complexity index is 1730. The molecule has 1 aromatic heterocycles. The standard InChI is InChI=1S/C32H34N4O8S/c1-22-14-23(2)16-25(15-22)36(45(39,40)28-11-12-29(41-3)30(17-28)42-4)20-31(37)35-34-18-24-7-9-26(10-8-24)44-21-32(38)33-19-27-6-5-13-43-27/h5-18H,19-21H2,1-4H3,(H,33,38)(H,35,37)/b34-18-. The molecule has 0 radical (unpaired) electrons. The Balaban J connectivity index is 1.40. The van der Waals surface area contributed by atoms with Crippen LogP contribution in [-0.2, 0) is 26.2 Å². The molecule has 0 saturated heterocycles. The van der Waals surface area contributed by atoms with Crippen LogP contribution in [0.2, 0.25) is 0 Å². The van der Waals surface area contributed by atoms with Gasteiger partial charge in [-0.15, -0.1) is 0 Å². The third-order valence-electron chi connectivity index (χ3n) is 6.42. The van der Waals surface area contributed by atoms with Gasteiger partial charge >= 0.3 is 0 Å². The van der Waals surface area contributed by atoms with Gasteiger partial charge in [-0.2, -0.15) is 5.10 Å². The van der Waals surface area contributed by atoms with E-state index in [1.807, 2.05) is 19.9 Å². The maximum atomic E-state index is 13.8. The van der Waals surface area contributed by atoms with Crippen molar-refractivity contribution in [1.82, 2.24) is 10.7 Å². The van der Waals surface area contributed by atoms with E-state index in [0.717, 1.165) is 15.4 Å². The van der Waals surface area contributed by atoms with Crippen molar-refractivity contribution in [2.75, 3.05) is 31.7 Å². The lowest BCUT2D eigenvalue weighted by Crippen LogP contribution is -2.39. The molecule has 0 spiro atoms. The number of amides is 2. The highest BCUT2D eigenvalue weighted by molar-refractivity contribution is 7.92. The number of benzene rings is 3. The summed E-state index contributed by atoms with van der Waals surface area (Å²) in [5.74, 6) is 0.744. The summed E-state index contributed by atoms with van der Waals surface area (Å²) in [7, 11) is -1.35. The Morgan fingerprint density at radius 3 is 2.27 bits per heavy atom. The highest BCUT2D eigenvalue weighted by Crippen LogP contribution is 2.32. The number of hydrogen-bond donors (Lipinski definition) is 2. The van der Waals surface area contributed by atoms with E-state index in [9.17, 15) is 18.0 Å². The summed E-state index contributed by atoms with van der Waals surface area (Å²) in [6.45, 7) is 3.24. The number of aryl methyl sites for hydroxylation is 2. The van der Waals surface area contributed by atoms with E-state index in [1.165, 1.54) is 44.9 Å². The highest BCUT2D eigenvalue weighted by Gasteiger charge is 2.28. The minimum atomic E-state index is -4.21. The number of furan rings is 1. The second-order valence-corrected chi connectivity index (χ2v) is 11.7. The van der Waals surface area contributed by atoms with E-state index >= 15 is 0 Å². The van der Waals surface area contributed by atoms with Crippen LogP contribution in [0.4, 0.5) is 5.69 Å². The van der Waals surface area contributed by atoms with E-state index < -0.39 is 22.5 Å². The number of carbonyl (C=O) groups excluding carboxylic acids is 2. The van der Waals surface area contributed by atoms with Gasteiger partial charge in [0.15, 0.2) is 18.1 Å². The molecule has 236 valence electrons. The number of anilines is 1. The van der Waals surface area contributed by atoms with Gasteiger partial charge in [-0.25, -0.2) is 13.8 Å². The number of hydrazone groups is 1. The molecule has 0 aliphatic heterocycles. The Hall–Kier alpha value is -5.30. The molecule has 0 bridgehead atoms. The lowest BCUT2D eigenvalue weighted by molar-refractivity contribution is -0.123. The van der Waals surface area contributed by atoms with Crippen molar-refractivity contribution >= 4 is 33.7 Å². The molecule has 0 aliphatic rings. The third-order valence-corrected chi connectivity index (χ3v) is 8.19. The number of nitrogens with one attached hydrogen (secondary N) is 2. The zero-order valence-corrected chi connectivity index (χ0v) is 26.1. The van der Waals surface area contributed by atoms with E-state index in [4.69, 9.17) is 18.6 Å². The van der Waals surface area contributed by atoms with Crippen molar-refractivity contribution in [2.24, 2.45) is 5.10 Å². The average molecular weight is 635 g/mol. The summed E-state index contributed by atoms with van der Waals surface area (Å²) >= 11 is 0. The molecule has 13 heteroatoms. The summed E-state index contributed by atoms with van der Waals surface area (Å²) in [5, 5.41) is 6.68. The molecule has 2 amide bonds. The maximum absolute atomic E-state index is 13.8. The molecule has 2 N–H and O–H groups in total. The van der Waals surface area contributed by atoms with E-state index in [0.29, 0.717) is 28.5 Å². The second-order valence-electron chi connectivity index (χ2n) is 9.88. The number of methoxy groups -OCH3 is 2. The Morgan fingerprint density at radius 2 is 1.62 bits per heavy atom. The quantitative estimate of drug-likeness (QED) is 0.157. The predicted molar refractivity (Wildman–Crippen MR) is 168 cm³/mol. The van der Waals surface area contributed by atoms with Crippen LogP contribution in [-0.4, -0.2) is 53.8 Å². The van der Waals surface area contributed by atoms with Crippen molar-refractivity contribution in [2.45, 2.75) is 25.3 Å². The van der Waals surface area contributed by atoms with Crippen LogP contribution >= 0.6 is 0 Å². The molecule has 4 aromatic rings. The molecule has 3 aromatic carbocycles. The first-order chi connectivity index (χ1) is 21.6. The lowest BCUT2D eigenvalue weighted by atomic mass is 10.1. The Morgan fingerprint density at radius 1 is 0.911 bits per heavy atom. The van der Waals surface area contributed by atoms with Crippen LogP contribution in [0.3, 0.4) is 0 Å². The summed E-state index contributed by atoms with van der Waals surface area (Å²) < 4.78 is 49.9. The SMILES string of the molecule is COc1ccc(S(=O)(=O)N(CC(=O)N/N=C\c2ccc(OCC(=O)NCc3ccco3)cc2)c2cc(C)cc(C)c2)cc1OC. The number of sulfonamides is 1. The monoisotopic (exact) mass is 634 g/mol. The number of rotatable bonds is 14. The van der Waals surface area contributed by atoms with Crippen LogP contribution in [0.1, 0.15) is 22.5 Å². The smallest absolute Gasteiger partial charge is 0.264 e. The zero-order chi connectivity index (χ0) is 32.4. The predicted octanol–water partition coefficient (Wildman–Crippen LogP) is 3.95. The summed E-state index contributed by atoms with van der Waals surface area (Å²) in [6, 6.07) is 19.7. The highest BCUT2D eigenvalue weighted by atomic mass is 32.2. The zero-order valence-electron chi connectivity index (χ0n) is 25.3. The van der Waals surface area contributed by atoms with E-state index in [-0.39, 0.29) is 29.7 Å². The van der Waals surface area contributed by atoms with Crippen molar-refractivity contribution < 1.29 is 36.6 Å². The van der Waals surface area contributed by atoms with Gasteiger partial charge in [0.05, 0.1) is 43.8 Å². The van der Waals surface area contributed by atoms with Crippen LogP contribution in [0.15, 0.2) is 93.5 Å². The third kappa shape index (κ3) is 8.86. The summed E-state index contributed by atoms with van der Waals surface area (Å²) in [5.41, 5.74) is 5.01. The molecular formula is C32H34N4O8S. The molecule has 0 saturated carbocycles. The van der Waals surface area contributed by atoms with Gasteiger partial charge in [-0.1, -0.05) is 6.07 Å². The number of ether oxygens (including phenoxy) is 3. The van der Waals surface area contributed by atoms with Crippen molar-refractivity contribution in [1.29, 1.82) is 0 Å². The molecule has 4 rings (SSSR count). The molecule has 12 nitrogen and oxygen atoms in total. The van der Waals surface area contributed by atoms with Crippen LogP contribution in [0.25, 0.3) is 0 Å². The van der Waals surface area contributed by atoms with Crippen molar-refractivity contribution in [3.8, 4) is 17.2 Å². The van der Waals surface area contributed by atoms with Gasteiger partial charge in [-0.05, 0) is 91.2 Å². The van der Waals surface area contributed by atoms with Gasteiger partial charge in [0.25, 0.3) is 21.8 Å². The van der Waals surface area contributed by atoms with Crippen LogP contribution in [0.5, 0.6) is 17.2 Å². The van der Waals surface area contributed by atoms with Crippen molar-refractivity contribution in [3.05, 3.63) is 102 Å². The van der Waals surface area contributed by atoms with Crippen LogP contribution in [0, 0.1) is 13.8 Å². The molecule has 45 heavy (non-hydrogen) atoms. The van der Waals surface area contributed by atoms with Gasteiger partial charge in [0.1, 0.15) is 18.1 Å². The fourth-order valence-corrected chi connectivity index (χ4v) is 5.73. The minimum absolute atomic E-state index is 0.0760. The molecular weight excluding hydrogens is 600 g/mol. The molecule has 0 unspecified atom stereocenters. The normalized spacial score (nSPS) is 11.2. The first-order valence-corrected chi connectivity index (χ1v) is 15.2. The van der Waals surface area contributed by atoms with E-state index in [1.54, 1.807) is 48.5 Å². The van der Waals surface area contributed by atoms with Gasteiger partial charge in [0, 0.05) is 6.07 Å². The molecule has 1 heterocycles. The Kier molecular flexibility index (Phi) is 10.8. The summed E-state index contributed by atoms with van der Waals surface area (Å²) in [6.07, 6.45) is 2.93. The second kappa shape index (κ2) is 14.9. The maximum Gasteiger partial charge on any atom is 0.264 e.